The molecule has 2 heterocycles. The molecule has 0 aliphatic carbocycles. The number of nitrogens with one attached hydrogen (secondary N) is 1. The largest absolute Gasteiger partial charge is 0.461 e. The molecule has 0 radical (unpaired) electrons. The average Bonchev–Trinajstić information content (AvgIpc) is 2.77. The summed E-state index contributed by atoms with van der Waals surface area (Å²) >= 11 is 3.27. The van der Waals surface area contributed by atoms with E-state index in [0.29, 0.717) is 22.0 Å². The Morgan fingerprint density at radius 2 is 2.29 bits per heavy atom. The maximum atomic E-state index is 11.8. The summed E-state index contributed by atoms with van der Waals surface area (Å²) in [6.07, 6.45) is 2.30. The molecule has 5 heteroatoms. The molecule has 0 aliphatic heterocycles. The van der Waals surface area contributed by atoms with E-state index < -0.39 is 0 Å². The van der Waals surface area contributed by atoms with Crippen molar-refractivity contribution in [3.8, 4) is 11.6 Å². The smallest absolute Gasteiger partial charge is 0.265 e. The highest BCUT2D eigenvalue weighted by atomic mass is 79.9. The SMILES string of the molecule is CC(C)Cc1nc(-c2ccco2)[nH]c(=O)c1Br. The van der Waals surface area contributed by atoms with E-state index in [-0.39, 0.29) is 5.56 Å². The normalized spacial score (nSPS) is 11.1. The lowest BCUT2D eigenvalue weighted by Crippen LogP contribution is -2.14. The van der Waals surface area contributed by atoms with Crippen LogP contribution in [0.1, 0.15) is 19.5 Å². The Balaban J connectivity index is 2.50. The molecule has 2 aromatic rings. The van der Waals surface area contributed by atoms with Crippen LogP contribution in [0.3, 0.4) is 0 Å². The van der Waals surface area contributed by atoms with Gasteiger partial charge in [0.15, 0.2) is 11.6 Å². The van der Waals surface area contributed by atoms with Crippen molar-refractivity contribution >= 4 is 15.9 Å². The molecule has 1 N–H and O–H groups in total. The fourth-order valence-corrected chi connectivity index (χ4v) is 1.91. The lowest BCUT2D eigenvalue weighted by molar-refractivity contribution is 0.574. The molecule has 4 nitrogen and oxygen atoms in total. The van der Waals surface area contributed by atoms with Crippen LogP contribution < -0.4 is 5.56 Å². The molecule has 0 atom stereocenters. The molecule has 2 rings (SSSR count). The highest BCUT2D eigenvalue weighted by molar-refractivity contribution is 9.10. The maximum absolute atomic E-state index is 11.8. The van der Waals surface area contributed by atoms with Gasteiger partial charge in [0.2, 0.25) is 0 Å². The third-order valence-corrected chi connectivity index (χ3v) is 3.11. The first-order valence-corrected chi connectivity index (χ1v) is 6.19. The topological polar surface area (TPSA) is 58.9 Å². The minimum Gasteiger partial charge on any atom is -0.461 e. The van der Waals surface area contributed by atoms with Gasteiger partial charge in [-0.05, 0) is 40.4 Å². The third-order valence-electron chi connectivity index (χ3n) is 2.29. The summed E-state index contributed by atoms with van der Waals surface area (Å²) in [6.45, 7) is 4.17. The summed E-state index contributed by atoms with van der Waals surface area (Å²) in [4.78, 5) is 18.9. The fourth-order valence-electron chi connectivity index (χ4n) is 1.56. The van der Waals surface area contributed by atoms with E-state index in [1.807, 2.05) is 0 Å². The summed E-state index contributed by atoms with van der Waals surface area (Å²) in [5.74, 6) is 1.48. The van der Waals surface area contributed by atoms with Crippen molar-refractivity contribution in [1.82, 2.24) is 9.97 Å². The molecule has 90 valence electrons. The van der Waals surface area contributed by atoms with E-state index in [2.05, 4.69) is 39.7 Å². The van der Waals surface area contributed by atoms with Gasteiger partial charge in [0.1, 0.15) is 4.47 Å². The van der Waals surface area contributed by atoms with Gasteiger partial charge in [-0.1, -0.05) is 13.8 Å². The zero-order valence-electron chi connectivity index (χ0n) is 9.66. The molecule has 0 saturated carbocycles. The van der Waals surface area contributed by atoms with Crippen molar-refractivity contribution in [2.75, 3.05) is 0 Å². The summed E-state index contributed by atoms with van der Waals surface area (Å²) in [5.41, 5.74) is 0.581. The molecule has 17 heavy (non-hydrogen) atoms. The number of halogens is 1. The van der Waals surface area contributed by atoms with Crippen LogP contribution >= 0.6 is 15.9 Å². The number of aromatic amines is 1. The number of furan rings is 1. The van der Waals surface area contributed by atoms with Crippen LogP contribution in [-0.2, 0) is 6.42 Å². The van der Waals surface area contributed by atoms with E-state index >= 15 is 0 Å². The molecule has 0 amide bonds. The molecular formula is C12H13BrN2O2. The number of hydrogen-bond acceptors (Lipinski definition) is 3. The average molecular weight is 297 g/mol. The Hall–Kier alpha value is -1.36. The first-order chi connectivity index (χ1) is 8.08. The molecule has 2 aromatic heterocycles. The van der Waals surface area contributed by atoms with E-state index in [0.717, 1.165) is 12.1 Å². The van der Waals surface area contributed by atoms with Gasteiger partial charge in [-0.3, -0.25) is 4.79 Å². The number of nitrogens with zero attached hydrogens (tertiary/aromatic N) is 1. The van der Waals surface area contributed by atoms with Crippen LogP contribution in [0, 0.1) is 5.92 Å². The van der Waals surface area contributed by atoms with Gasteiger partial charge in [-0.15, -0.1) is 0 Å². The number of aromatic nitrogens is 2. The van der Waals surface area contributed by atoms with E-state index in [1.54, 1.807) is 18.4 Å². The third kappa shape index (κ3) is 2.66. The molecule has 0 bridgehead atoms. The van der Waals surface area contributed by atoms with Crippen LogP contribution in [0.4, 0.5) is 0 Å². The van der Waals surface area contributed by atoms with Crippen LogP contribution in [-0.4, -0.2) is 9.97 Å². The Morgan fingerprint density at radius 3 is 2.88 bits per heavy atom. The molecule has 0 aromatic carbocycles. The van der Waals surface area contributed by atoms with Gasteiger partial charge in [-0.25, -0.2) is 4.98 Å². The lowest BCUT2D eigenvalue weighted by atomic mass is 10.1. The number of hydrogen-bond donors (Lipinski definition) is 1. The van der Waals surface area contributed by atoms with Gasteiger partial charge in [0.05, 0.1) is 12.0 Å². The zero-order chi connectivity index (χ0) is 12.4. The Morgan fingerprint density at radius 1 is 1.53 bits per heavy atom. The van der Waals surface area contributed by atoms with Crippen LogP contribution in [0.15, 0.2) is 32.1 Å². The van der Waals surface area contributed by atoms with Crippen molar-refractivity contribution in [3.05, 3.63) is 38.9 Å². The fraction of sp³-hybridized carbons (Fsp3) is 0.333. The Labute approximate surface area is 107 Å². The van der Waals surface area contributed by atoms with Gasteiger partial charge < -0.3 is 9.40 Å². The molecule has 0 unspecified atom stereocenters. The Kier molecular flexibility index (Phi) is 3.47. The summed E-state index contributed by atoms with van der Waals surface area (Å²) in [6, 6.07) is 3.53. The van der Waals surface area contributed by atoms with Crippen LogP contribution in [0.5, 0.6) is 0 Å². The van der Waals surface area contributed by atoms with E-state index in [9.17, 15) is 4.79 Å². The minimum atomic E-state index is -0.179. The lowest BCUT2D eigenvalue weighted by Gasteiger charge is -2.07. The predicted octanol–water partition coefficient (Wildman–Crippen LogP) is 2.99. The van der Waals surface area contributed by atoms with Crippen molar-refractivity contribution in [1.29, 1.82) is 0 Å². The Bertz CT molecular complexity index is 558. The van der Waals surface area contributed by atoms with Crippen molar-refractivity contribution in [2.45, 2.75) is 20.3 Å². The van der Waals surface area contributed by atoms with Crippen LogP contribution in [0.2, 0.25) is 0 Å². The zero-order valence-corrected chi connectivity index (χ0v) is 11.2. The minimum absolute atomic E-state index is 0.179. The predicted molar refractivity (Wildman–Crippen MR) is 68.8 cm³/mol. The molecule has 0 aliphatic rings. The van der Waals surface area contributed by atoms with Gasteiger partial charge in [0, 0.05) is 0 Å². The molecular weight excluding hydrogens is 284 g/mol. The monoisotopic (exact) mass is 296 g/mol. The first-order valence-electron chi connectivity index (χ1n) is 5.40. The second kappa shape index (κ2) is 4.87. The number of rotatable bonds is 3. The highest BCUT2D eigenvalue weighted by Crippen LogP contribution is 2.19. The first kappa shape index (κ1) is 12.1. The second-order valence-corrected chi connectivity index (χ2v) is 5.04. The molecule has 0 spiro atoms. The van der Waals surface area contributed by atoms with Gasteiger partial charge in [0.25, 0.3) is 5.56 Å². The maximum Gasteiger partial charge on any atom is 0.265 e. The number of H-pyrrole nitrogens is 1. The van der Waals surface area contributed by atoms with E-state index in [4.69, 9.17) is 4.42 Å². The summed E-state index contributed by atoms with van der Waals surface area (Å²) in [5, 5.41) is 0. The summed E-state index contributed by atoms with van der Waals surface area (Å²) < 4.78 is 5.73. The second-order valence-electron chi connectivity index (χ2n) is 4.25. The van der Waals surface area contributed by atoms with Crippen LogP contribution in [0.25, 0.3) is 11.6 Å². The van der Waals surface area contributed by atoms with Crippen molar-refractivity contribution in [3.63, 3.8) is 0 Å². The highest BCUT2D eigenvalue weighted by Gasteiger charge is 2.12. The molecule has 0 saturated heterocycles. The quantitative estimate of drug-likeness (QED) is 0.947. The van der Waals surface area contributed by atoms with Gasteiger partial charge >= 0.3 is 0 Å². The summed E-state index contributed by atoms with van der Waals surface area (Å²) in [7, 11) is 0. The van der Waals surface area contributed by atoms with E-state index in [1.165, 1.54) is 0 Å². The van der Waals surface area contributed by atoms with Gasteiger partial charge in [-0.2, -0.15) is 0 Å². The van der Waals surface area contributed by atoms with Crippen molar-refractivity contribution in [2.24, 2.45) is 5.92 Å². The molecule has 0 fully saturated rings. The van der Waals surface area contributed by atoms with Crippen molar-refractivity contribution < 1.29 is 4.42 Å². The standard InChI is InChI=1S/C12H13BrN2O2/c1-7(2)6-8-10(13)12(16)15-11(14-8)9-4-3-5-17-9/h3-5,7H,6H2,1-2H3,(H,14,15,16).